The van der Waals surface area contributed by atoms with E-state index in [1.54, 1.807) is 19.2 Å². The number of anilines is 1. The van der Waals surface area contributed by atoms with Gasteiger partial charge >= 0.3 is 5.97 Å². The molecule has 34 heavy (non-hydrogen) atoms. The fourth-order valence-corrected chi connectivity index (χ4v) is 4.69. The summed E-state index contributed by atoms with van der Waals surface area (Å²) in [7, 11) is -0.895. The number of carbonyl (C=O) groups is 1. The summed E-state index contributed by atoms with van der Waals surface area (Å²) in [4.78, 5) is 11.3. The van der Waals surface area contributed by atoms with Crippen molar-refractivity contribution in [2.24, 2.45) is 0 Å². The van der Waals surface area contributed by atoms with Gasteiger partial charge in [-0.15, -0.1) is 0 Å². The Morgan fingerprint density at radius 2 is 1.56 bits per heavy atom. The van der Waals surface area contributed by atoms with E-state index >= 15 is 0 Å². The Balaban J connectivity index is 1.73. The van der Waals surface area contributed by atoms with Crippen LogP contribution in [-0.4, -0.2) is 46.8 Å². The molecule has 9 heteroatoms. The molecule has 3 N–H and O–H groups in total. The number of carboxylic acids is 1. The average Bonchev–Trinajstić information content (AvgIpc) is 2.84. The summed E-state index contributed by atoms with van der Waals surface area (Å²) < 4.78 is 39.3. The minimum Gasteiger partial charge on any atom is -0.493 e. The zero-order chi connectivity index (χ0) is 24.6. The molecule has 0 aliphatic carbocycles. The van der Waals surface area contributed by atoms with Crippen molar-refractivity contribution in [2.75, 3.05) is 32.6 Å². The number of hydrogen-bond acceptors (Lipinski definition) is 6. The molecule has 0 radical (unpaired) electrons. The number of methoxy groups -OCH3 is 2. The summed E-state index contributed by atoms with van der Waals surface area (Å²) in [6.07, 6.45) is 1.10. The molecule has 0 atom stereocenters. The number of carboxylic acid groups (broad SMARTS) is 1. The van der Waals surface area contributed by atoms with Gasteiger partial charge in [0.25, 0.3) is 0 Å². The molecule has 0 bridgehead atoms. The van der Waals surface area contributed by atoms with E-state index in [4.69, 9.17) is 9.47 Å². The van der Waals surface area contributed by atoms with Gasteiger partial charge in [-0.2, -0.15) is 0 Å². The first-order valence-corrected chi connectivity index (χ1v) is 12.2. The molecule has 0 aliphatic heterocycles. The number of nitrogens with one attached hydrogen (secondary N) is 2. The van der Waals surface area contributed by atoms with Crippen molar-refractivity contribution in [3.63, 3.8) is 0 Å². The van der Waals surface area contributed by atoms with Gasteiger partial charge < -0.3 is 19.9 Å². The molecule has 0 saturated heterocycles. The quantitative estimate of drug-likeness (QED) is 0.360. The van der Waals surface area contributed by atoms with Crippen LogP contribution in [0.15, 0.2) is 71.6 Å². The normalized spacial score (nSPS) is 11.1. The summed E-state index contributed by atoms with van der Waals surface area (Å²) >= 11 is 0. The van der Waals surface area contributed by atoms with Gasteiger partial charge in [0.1, 0.15) is 4.90 Å². The van der Waals surface area contributed by atoms with E-state index in [9.17, 15) is 18.3 Å². The Hall–Kier alpha value is -3.56. The van der Waals surface area contributed by atoms with E-state index < -0.39 is 16.0 Å². The Morgan fingerprint density at radius 3 is 2.24 bits per heavy atom. The van der Waals surface area contributed by atoms with E-state index in [-0.39, 0.29) is 17.0 Å². The van der Waals surface area contributed by atoms with E-state index in [1.807, 2.05) is 36.4 Å². The van der Waals surface area contributed by atoms with Gasteiger partial charge in [0.2, 0.25) is 10.0 Å². The van der Waals surface area contributed by atoms with Crippen LogP contribution in [0.2, 0.25) is 0 Å². The fraction of sp³-hybridized carbons (Fsp3) is 0.240. The van der Waals surface area contributed by atoms with Crippen LogP contribution in [0.4, 0.5) is 5.69 Å². The van der Waals surface area contributed by atoms with Crippen molar-refractivity contribution < 1.29 is 27.8 Å². The molecule has 0 spiro atoms. The lowest BCUT2D eigenvalue weighted by atomic mass is 10.1. The molecule has 0 aliphatic rings. The maximum Gasteiger partial charge on any atom is 0.335 e. The topological polar surface area (TPSA) is 114 Å². The third-order valence-electron chi connectivity index (χ3n) is 5.24. The maximum absolute atomic E-state index is 13.1. The van der Waals surface area contributed by atoms with Crippen LogP contribution in [0.25, 0.3) is 0 Å². The first-order valence-electron chi connectivity index (χ1n) is 10.7. The second-order valence-electron chi connectivity index (χ2n) is 7.52. The molecule has 3 rings (SSSR count). The zero-order valence-corrected chi connectivity index (χ0v) is 19.9. The van der Waals surface area contributed by atoms with Crippen molar-refractivity contribution in [3.05, 3.63) is 83.4 Å². The summed E-state index contributed by atoms with van der Waals surface area (Å²) in [5.41, 5.74) is 2.21. The Bertz CT molecular complexity index is 1230. The Labute approximate surface area is 199 Å². The Morgan fingerprint density at radius 1 is 0.853 bits per heavy atom. The van der Waals surface area contributed by atoms with Crippen LogP contribution in [0, 0.1) is 0 Å². The molecule has 0 heterocycles. The van der Waals surface area contributed by atoms with Gasteiger partial charge in [-0.1, -0.05) is 36.4 Å². The number of aromatic carboxylic acids is 1. The van der Waals surface area contributed by atoms with Crippen molar-refractivity contribution in [1.29, 1.82) is 0 Å². The highest BCUT2D eigenvalue weighted by molar-refractivity contribution is 7.89. The summed E-state index contributed by atoms with van der Waals surface area (Å²) in [6, 6.07) is 19.2. The minimum absolute atomic E-state index is 0.103. The average molecular weight is 485 g/mol. The zero-order valence-electron chi connectivity index (χ0n) is 19.1. The molecule has 0 unspecified atom stereocenters. The second-order valence-corrected chi connectivity index (χ2v) is 9.25. The van der Waals surface area contributed by atoms with E-state index in [0.29, 0.717) is 36.6 Å². The number of hydrogen-bond donors (Lipinski definition) is 3. The van der Waals surface area contributed by atoms with E-state index in [1.165, 1.54) is 25.3 Å². The first-order chi connectivity index (χ1) is 16.3. The van der Waals surface area contributed by atoms with Crippen LogP contribution in [0.1, 0.15) is 21.5 Å². The highest BCUT2D eigenvalue weighted by Crippen LogP contribution is 2.28. The SMILES string of the molecule is COc1ccc(CCNS(=O)(=O)c2cc(C(=O)O)ccc2NCCc2ccccc2)cc1OC. The molecule has 180 valence electrons. The van der Waals surface area contributed by atoms with Crippen LogP contribution in [-0.2, 0) is 22.9 Å². The van der Waals surface area contributed by atoms with E-state index in [2.05, 4.69) is 10.0 Å². The largest absolute Gasteiger partial charge is 0.493 e. The molecular formula is C25H28N2O6S. The summed E-state index contributed by atoms with van der Waals surface area (Å²) in [5.74, 6) is -0.0527. The van der Waals surface area contributed by atoms with Gasteiger partial charge in [0.05, 0.1) is 25.5 Å². The molecule has 3 aromatic rings. The minimum atomic E-state index is -3.97. The lowest BCUT2D eigenvalue weighted by Crippen LogP contribution is -2.27. The van der Waals surface area contributed by atoms with Crippen molar-refractivity contribution in [3.8, 4) is 11.5 Å². The van der Waals surface area contributed by atoms with Crippen molar-refractivity contribution in [1.82, 2.24) is 4.72 Å². The monoisotopic (exact) mass is 484 g/mol. The van der Waals surface area contributed by atoms with Crippen LogP contribution < -0.4 is 19.5 Å². The molecule has 0 saturated carbocycles. The van der Waals surface area contributed by atoms with Crippen molar-refractivity contribution in [2.45, 2.75) is 17.7 Å². The standard InChI is InChI=1S/C25H28N2O6S/c1-32-22-11-8-19(16-23(22)33-2)13-15-27-34(30,31)24-17-20(25(28)29)9-10-21(24)26-14-12-18-6-4-3-5-7-18/h3-11,16-17,26-27H,12-15H2,1-2H3,(H,28,29). The van der Waals surface area contributed by atoms with E-state index in [0.717, 1.165) is 11.1 Å². The Kier molecular flexibility index (Phi) is 8.50. The predicted octanol–water partition coefficient (Wildman–Crippen LogP) is 3.58. The maximum atomic E-state index is 13.1. The third kappa shape index (κ3) is 6.49. The highest BCUT2D eigenvalue weighted by atomic mass is 32.2. The van der Waals surface area contributed by atoms with Crippen LogP contribution >= 0.6 is 0 Å². The van der Waals surface area contributed by atoms with Gasteiger partial charge in [-0.05, 0) is 54.3 Å². The number of ether oxygens (including phenoxy) is 2. The molecule has 8 nitrogen and oxygen atoms in total. The van der Waals surface area contributed by atoms with Crippen LogP contribution in [0.3, 0.4) is 0 Å². The molecule has 0 amide bonds. The second kappa shape index (κ2) is 11.5. The fourth-order valence-electron chi connectivity index (χ4n) is 3.45. The van der Waals surface area contributed by atoms with Gasteiger partial charge in [0, 0.05) is 13.1 Å². The smallest absolute Gasteiger partial charge is 0.335 e. The molecule has 0 fully saturated rings. The number of benzene rings is 3. The number of sulfonamides is 1. The summed E-state index contributed by atoms with van der Waals surface area (Å²) in [6.45, 7) is 0.614. The van der Waals surface area contributed by atoms with Gasteiger partial charge in [-0.25, -0.2) is 17.9 Å². The summed E-state index contributed by atoms with van der Waals surface area (Å²) in [5, 5.41) is 12.5. The lowest BCUT2D eigenvalue weighted by molar-refractivity contribution is 0.0696. The third-order valence-corrected chi connectivity index (χ3v) is 6.74. The van der Waals surface area contributed by atoms with Gasteiger partial charge in [0.15, 0.2) is 11.5 Å². The van der Waals surface area contributed by atoms with Crippen LogP contribution in [0.5, 0.6) is 11.5 Å². The highest BCUT2D eigenvalue weighted by Gasteiger charge is 2.21. The molecular weight excluding hydrogens is 456 g/mol. The lowest BCUT2D eigenvalue weighted by Gasteiger charge is -2.15. The number of rotatable bonds is 12. The van der Waals surface area contributed by atoms with Crippen molar-refractivity contribution >= 4 is 21.7 Å². The van der Waals surface area contributed by atoms with Gasteiger partial charge in [-0.3, -0.25) is 0 Å². The predicted molar refractivity (Wildman–Crippen MR) is 130 cm³/mol. The first kappa shape index (κ1) is 25.1. The molecule has 3 aromatic carbocycles. The molecule has 0 aromatic heterocycles.